The van der Waals surface area contributed by atoms with Crippen LogP contribution in [-0.4, -0.2) is 5.91 Å². The molecule has 1 N–H and O–H groups in total. The van der Waals surface area contributed by atoms with Gasteiger partial charge in [-0.25, -0.2) is 0 Å². The Balaban J connectivity index is 2.04. The van der Waals surface area contributed by atoms with Crippen LogP contribution in [-0.2, 0) is 5.33 Å². The number of nitrogens with one attached hydrogen (secondary N) is 1. The molecule has 0 bridgehead atoms. The number of alkyl halides is 1. The van der Waals surface area contributed by atoms with E-state index in [4.69, 9.17) is 0 Å². The van der Waals surface area contributed by atoms with Crippen molar-refractivity contribution in [3.05, 3.63) is 71.3 Å². The van der Waals surface area contributed by atoms with Gasteiger partial charge >= 0.3 is 0 Å². The Hall–Kier alpha value is -1.61. The average Bonchev–Trinajstić information content (AvgIpc) is 2.48. The Morgan fingerprint density at radius 3 is 2.32 bits per heavy atom. The van der Waals surface area contributed by atoms with Gasteiger partial charge in [-0.15, -0.1) is 0 Å². The fourth-order valence-electron chi connectivity index (χ4n) is 1.85. The Morgan fingerprint density at radius 1 is 1.11 bits per heavy atom. The van der Waals surface area contributed by atoms with E-state index in [0.717, 1.165) is 16.5 Å². The Morgan fingerprint density at radius 2 is 1.74 bits per heavy atom. The third kappa shape index (κ3) is 3.67. The molecule has 98 valence electrons. The summed E-state index contributed by atoms with van der Waals surface area (Å²) in [6, 6.07) is 17.6. The minimum absolute atomic E-state index is 0.00421. The van der Waals surface area contributed by atoms with Crippen molar-refractivity contribution in [2.45, 2.75) is 18.3 Å². The second kappa shape index (κ2) is 6.53. The summed E-state index contributed by atoms with van der Waals surface area (Å²) < 4.78 is 0. The molecule has 0 radical (unpaired) electrons. The third-order valence-corrected chi connectivity index (χ3v) is 3.67. The van der Waals surface area contributed by atoms with Crippen LogP contribution in [0.4, 0.5) is 0 Å². The van der Waals surface area contributed by atoms with Crippen LogP contribution in [0.25, 0.3) is 0 Å². The molecule has 1 atom stereocenters. The number of hydrogen-bond donors (Lipinski definition) is 1. The first-order chi connectivity index (χ1) is 9.20. The highest BCUT2D eigenvalue weighted by molar-refractivity contribution is 9.08. The highest BCUT2D eigenvalue weighted by Crippen LogP contribution is 2.13. The number of rotatable bonds is 4. The van der Waals surface area contributed by atoms with Crippen molar-refractivity contribution in [2.75, 3.05) is 0 Å². The maximum absolute atomic E-state index is 12.1. The zero-order valence-electron chi connectivity index (χ0n) is 10.8. The summed E-state index contributed by atoms with van der Waals surface area (Å²) in [6.07, 6.45) is 0. The molecule has 0 saturated carbocycles. The van der Waals surface area contributed by atoms with Gasteiger partial charge in [0, 0.05) is 10.9 Å². The van der Waals surface area contributed by atoms with E-state index in [1.54, 1.807) is 0 Å². The number of amides is 1. The van der Waals surface area contributed by atoms with Gasteiger partial charge in [0.05, 0.1) is 6.04 Å². The standard InChI is InChI=1S/C16H16BrNO/c1-12(14-5-3-2-4-6-14)18-16(19)15-9-7-13(11-17)8-10-15/h2-10,12H,11H2,1H3,(H,18,19). The molecule has 3 heteroatoms. The highest BCUT2D eigenvalue weighted by atomic mass is 79.9. The summed E-state index contributed by atoms with van der Waals surface area (Å²) in [5.74, 6) is -0.0440. The molecule has 0 spiro atoms. The monoisotopic (exact) mass is 317 g/mol. The average molecular weight is 318 g/mol. The largest absolute Gasteiger partial charge is 0.346 e. The zero-order valence-corrected chi connectivity index (χ0v) is 12.4. The fourth-order valence-corrected chi connectivity index (χ4v) is 2.22. The summed E-state index contributed by atoms with van der Waals surface area (Å²) in [5.41, 5.74) is 2.95. The quantitative estimate of drug-likeness (QED) is 0.846. The van der Waals surface area contributed by atoms with Crippen molar-refractivity contribution in [3.63, 3.8) is 0 Å². The summed E-state index contributed by atoms with van der Waals surface area (Å²) in [7, 11) is 0. The summed E-state index contributed by atoms with van der Waals surface area (Å²) in [6.45, 7) is 1.99. The van der Waals surface area contributed by atoms with Gasteiger partial charge in [-0.3, -0.25) is 4.79 Å². The number of halogens is 1. The molecule has 2 aromatic carbocycles. The first kappa shape index (κ1) is 13.8. The molecule has 0 aliphatic heterocycles. The minimum atomic E-state index is -0.0440. The van der Waals surface area contributed by atoms with Crippen molar-refractivity contribution in [1.82, 2.24) is 5.32 Å². The fraction of sp³-hybridized carbons (Fsp3) is 0.188. The molecule has 0 aliphatic rings. The lowest BCUT2D eigenvalue weighted by molar-refractivity contribution is 0.0940. The molecule has 0 aromatic heterocycles. The highest BCUT2D eigenvalue weighted by Gasteiger charge is 2.10. The second-order valence-corrected chi connectivity index (χ2v) is 5.00. The maximum atomic E-state index is 12.1. The van der Waals surface area contributed by atoms with Crippen LogP contribution in [0.15, 0.2) is 54.6 Å². The third-order valence-electron chi connectivity index (χ3n) is 3.02. The molecule has 0 aliphatic carbocycles. The first-order valence-electron chi connectivity index (χ1n) is 6.21. The number of hydrogen-bond acceptors (Lipinski definition) is 1. The SMILES string of the molecule is CC(NC(=O)c1ccc(CBr)cc1)c1ccccc1. The zero-order chi connectivity index (χ0) is 13.7. The van der Waals surface area contributed by atoms with Crippen LogP contribution in [0.3, 0.4) is 0 Å². The van der Waals surface area contributed by atoms with Crippen molar-refractivity contribution in [3.8, 4) is 0 Å². The Kier molecular flexibility index (Phi) is 4.74. The molecule has 0 saturated heterocycles. The van der Waals surface area contributed by atoms with E-state index in [-0.39, 0.29) is 11.9 Å². The van der Waals surface area contributed by atoms with Gasteiger partial charge < -0.3 is 5.32 Å². The molecule has 0 fully saturated rings. The van der Waals surface area contributed by atoms with E-state index in [2.05, 4.69) is 21.2 Å². The molecule has 1 amide bonds. The van der Waals surface area contributed by atoms with E-state index in [0.29, 0.717) is 5.56 Å². The van der Waals surface area contributed by atoms with Crippen LogP contribution >= 0.6 is 15.9 Å². The lowest BCUT2D eigenvalue weighted by Gasteiger charge is -2.14. The molecule has 2 nitrogen and oxygen atoms in total. The number of benzene rings is 2. The maximum Gasteiger partial charge on any atom is 0.251 e. The van der Waals surface area contributed by atoms with E-state index >= 15 is 0 Å². The van der Waals surface area contributed by atoms with Gasteiger partial charge in [0.15, 0.2) is 0 Å². The van der Waals surface area contributed by atoms with E-state index in [9.17, 15) is 4.79 Å². The molecular weight excluding hydrogens is 302 g/mol. The summed E-state index contributed by atoms with van der Waals surface area (Å²) in [5, 5.41) is 3.80. The molecule has 0 heterocycles. The lowest BCUT2D eigenvalue weighted by Crippen LogP contribution is -2.26. The minimum Gasteiger partial charge on any atom is -0.346 e. The topological polar surface area (TPSA) is 29.1 Å². The Labute approximate surface area is 122 Å². The normalized spacial score (nSPS) is 11.9. The van der Waals surface area contributed by atoms with Crippen LogP contribution in [0.5, 0.6) is 0 Å². The predicted octanol–water partition coefficient (Wildman–Crippen LogP) is 4.07. The number of carbonyl (C=O) groups is 1. The van der Waals surface area contributed by atoms with Gasteiger partial charge in [0.2, 0.25) is 0 Å². The summed E-state index contributed by atoms with van der Waals surface area (Å²) in [4.78, 5) is 12.1. The van der Waals surface area contributed by atoms with Gasteiger partial charge in [0.25, 0.3) is 5.91 Å². The van der Waals surface area contributed by atoms with Crippen molar-refractivity contribution in [1.29, 1.82) is 0 Å². The van der Waals surface area contributed by atoms with Crippen LogP contribution in [0.1, 0.15) is 34.5 Å². The molecule has 19 heavy (non-hydrogen) atoms. The first-order valence-corrected chi connectivity index (χ1v) is 7.33. The molecule has 1 unspecified atom stereocenters. The van der Waals surface area contributed by atoms with Gasteiger partial charge in [-0.05, 0) is 30.2 Å². The molecular formula is C16H16BrNO. The molecule has 2 rings (SSSR count). The number of carbonyl (C=O) groups excluding carboxylic acids is 1. The van der Waals surface area contributed by atoms with Crippen LogP contribution in [0.2, 0.25) is 0 Å². The van der Waals surface area contributed by atoms with Gasteiger partial charge in [0.1, 0.15) is 0 Å². The molecule has 2 aromatic rings. The van der Waals surface area contributed by atoms with Crippen LogP contribution in [0, 0.1) is 0 Å². The summed E-state index contributed by atoms with van der Waals surface area (Å²) >= 11 is 3.39. The smallest absolute Gasteiger partial charge is 0.251 e. The van der Waals surface area contributed by atoms with E-state index in [1.807, 2.05) is 61.5 Å². The van der Waals surface area contributed by atoms with Crippen molar-refractivity contribution in [2.24, 2.45) is 0 Å². The van der Waals surface area contributed by atoms with E-state index in [1.165, 1.54) is 0 Å². The van der Waals surface area contributed by atoms with Gasteiger partial charge in [-0.2, -0.15) is 0 Å². The van der Waals surface area contributed by atoms with Crippen molar-refractivity contribution >= 4 is 21.8 Å². The van der Waals surface area contributed by atoms with Crippen LogP contribution < -0.4 is 5.32 Å². The lowest BCUT2D eigenvalue weighted by atomic mass is 10.1. The predicted molar refractivity (Wildman–Crippen MR) is 81.4 cm³/mol. The van der Waals surface area contributed by atoms with Crippen molar-refractivity contribution < 1.29 is 4.79 Å². The van der Waals surface area contributed by atoms with E-state index < -0.39 is 0 Å². The Bertz CT molecular complexity index is 536. The van der Waals surface area contributed by atoms with Gasteiger partial charge in [-0.1, -0.05) is 58.4 Å². The second-order valence-electron chi connectivity index (χ2n) is 4.44.